The fraction of sp³-hybridized carbons (Fsp3) is 0.625. The van der Waals surface area contributed by atoms with Gasteiger partial charge in [-0.3, -0.25) is 0 Å². The molecule has 0 radical (unpaired) electrons. The summed E-state index contributed by atoms with van der Waals surface area (Å²) < 4.78 is 0. The highest BCUT2D eigenvalue weighted by molar-refractivity contribution is 5.42. The predicted molar refractivity (Wildman–Crippen MR) is 71.6 cm³/mol. The molecule has 1 aromatic rings. The third-order valence-corrected chi connectivity index (χ3v) is 5.64. The maximum absolute atomic E-state index is 10.7. The topological polar surface area (TPSA) is 32.3 Å². The molecular weight excluding hydrogens is 222 g/mol. The van der Waals surface area contributed by atoms with Crippen molar-refractivity contribution in [1.82, 2.24) is 5.32 Å². The fourth-order valence-corrected chi connectivity index (χ4v) is 4.93. The van der Waals surface area contributed by atoms with Crippen molar-refractivity contribution in [2.24, 2.45) is 5.92 Å². The summed E-state index contributed by atoms with van der Waals surface area (Å²) in [5.41, 5.74) is 2.98. The van der Waals surface area contributed by atoms with E-state index >= 15 is 0 Å². The van der Waals surface area contributed by atoms with E-state index in [1.54, 1.807) is 0 Å². The molecule has 1 saturated heterocycles. The molecule has 2 heteroatoms. The summed E-state index contributed by atoms with van der Waals surface area (Å²) >= 11 is 0. The van der Waals surface area contributed by atoms with Crippen LogP contribution in [0.1, 0.15) is 36.8 Å². The van der Waals surface area contributed by atoms with Gasteiger partial charge in [-0.25, -0.2) is 0 Å². The first kappa shape index (κ1) is 11.0. The second-order valence-corrected chi connectivity index (χ2v) is 6.27. The summed E-state index contributed by atoms with van der Waals surface area (Å²) in [6.07, 6.45) is 5.57. The van der Waals surface area contributed by atoms with Crippen molar-refractivity contribution in [3.05, 3.63) is 35.4 Å². The molecule has 0 aromatic heterocycles. The van der Waals surface area contributed by atoms with Crippen LogP contribution < -0.4 is 5.32 Å². The van der Waals surface area contributed by atoms with Crippen LogP contribution in [0.2, 0.25) is 0 Å². The number of benzene rings is 1. The van der Waals surface area contributed by atoms with Gasteiger partial charge in [0.2, 0.25) is 0 Å². The lowest BCUT2D eigenvalue weighted by molar-refractivity contribution is -0.0393. The summed E-state index contributed by atoms with van der Waals surface area (Å²) in [6, 6.07) is 9.41. The molecule has 1 aromatic carbocycles. The molecule has 2 nitrogen and oxygen atoms in total. The van der Waals surface area contributed by atoms with E-state index in [1.165, 1.54) is 24.0 Å². The van der Waals surface area contributed by atoms with Gasteiger partial charge in [0.1, 0.15) is 0 Å². The SMILES string of the molecule is OC1CCC[C@H]2[C@H]3Cc4ccccc4[C@@]12CCN3. The van der Waals surface area contributed by atoms with E-state index in [2.05, 4.69) is 29.6 Å². The zero-order valence-electron chi connectivity index (χ0n) is 10.7. The average Bonchev–Trinajstić information content (AvgIpc) is 2.39. The van der Waals surface area contributed by atoms with E-state index in [1.807, 2.05) is 0 Å². The Morgan fingerprint density at radius 3 is 3.06 bits per heavy atom. The number of aliphatic hydroxyl groups is 1. The van der Waals surface area contributed by atoms with Gasteiger partial charge >= 0.3 is 0 Å². The molecule has 1 unspecified atom stereocenters. The number of hydrogen-bond acceptors (Lipinski definition) is 2. The van der Waals surface area contributed by atoms with Crippen molar-refractivity contribution in [2.45, 2.75) is 49.7 Å². The molecule has 1 aliphatic heterocycles. The quantitative estimate of drug-likeness (QED) is 0.730. The molecule has 96 valence electrons. The Hall–Kier alpha value is -0.860. The summed E-state index contributed by atoms with van der Waals surface area (Å²) in [7, 11) is 0. The van der Waals surface area contributed by atoms with Crippen molar-refractivity contribution in [2.75, 3.05) is 6.54 Å². The third kappa shape index (κ3) is 1.25. The largest absolute Gasteiger partial charge is 0.392 e. The first-order chi connectivity index (χ1) is 8.82. The molecule has 2 bridgehead atoms. The van der Waals surface area contributed by atoms with Crippen LogP contribution in [0, 0.1) is 5.92 Å². The first-order valence-corrected chi connectivity index (χ1v) is 7.32. The Bertz CT molecular complexity index is 472. The summed E-state index contributed by atoms with van der Waals surface area (Å²) in [6.45, 7) is 1.06. The zero-order valence-corrected chi connectivity index (χ0v) is 10.7. The second-order valence-electron chi connectivity index (χ2n) is 6.27. The Labute approximate surface area is 108 Å². The molecule has 4 rings (SSSR count). The van der Waals surface area contributed by atoms with Gasteiger partial charge in [-0.2, -0.15) is 0 Å². The van der Waals surface area contributed by atoms with E-state index < -0.39 is 0 Å². The van der Waals surface area contributed by atoms with Crippen LogP contribution in [0.5, 0.6) is 0 Å². The lowest BCUT2D eigenvalue weighted by atomic mass is 9.51. The van der Waals surface area contributed by atoms with Crippen molar-refractivity contribution in [1.29, 1.82) is 0 Å². The third-order valence-electron chi connectivity index (χ3n) is 5.64. The van der Waals surface area contributed by atoms with Crippen molar-refractivity contribution in [3.8, 4) is 0 Å². The highest BCUT2D eigenvalue weighted by Crippen LogP contribution is 2.53. The minimum Gasteiger partial charge on any atom is -0.392 e. The fourth-order valence-electron chi connectivity index (χ4n) is 4.93. The molecule has 0 spiro atoms. The molecule has 2 N–H and O–H groups in total. The molecule has 0 amide bonds. The molecule has 2 aliphatic carbocycles. The van der Waals surface area contributed by atoms with Gasteiger partial charge in [0, 0.05) is 11.5 Å². The first-order valence-electron chi connectivity index (χ1n) is 7.32. The van der Waals surface area contributed by atoms with E-state index in [9.17, 15) is 5.11 Å². The molecule has 3 aliphatic rings. The van der Waals surface area contributed by atoms with Crippen molar-refractivity contribution < 1.29 is 5.11 Å². The lowest BCUT2D eigenvalue weighted by Gasteiger charge is -2.57. The lowest BCUT2D eigenvalue weighted by Crippen LogP contribution is -2.64. The van der Waals surface area contributed by atoms with Gasteiger partial charge in [0.15, 0.2) is 0 Å². The second kappa shape index (κ2) is 3.82. The molecule has 2 fully saturated rings. The zero-order chi connectivity index (χ0) is 12.2. The highest BCUT2D eigenvalue weighted by Gasteiger charge is 2.55. The Morgan fingerprint density at radius 2 is 2.11 bits per heavy atom. The minimum atomic E-state index is -0.137. The Kier molecular flexibility index (Phi) is 2.33. The maximum atomic E-state index is 10.7. The van der Waals surface area contributed by atoms with E-state index in [0.717, 1.165) is 25.8 Å². The number of fused-ring (bicyclic) bond motifs is 1. The normalized spacial score (nSPS) is 41.9. The summed E-state index contributed by atoms with van der Waals surface area (Å²) in [5, 5.41) is 14.4. The molecule has 1 saturated carbocycles. The summed E-state index contributed by atoms with van der Waals surface area (Å²) in [5.74, 6) is 0.643. The van der Waals surface area contributed by atoms with E-state index in [4.69, 9.17) is 0 Å². The van der Waals surface area contributed by atoms with Gasteiger partial charge in [-0.1, -0.05) is 30.7 Å². The number of piperidine rings is 1. The van der Waals surface area contributed by atoms with Gasteiger partial charge in [-0.05, 0) is 49.3 Å². The number of rotatable bonds is 0. The number of aliphatic hydroxyl groups excluding tert-OH is 1. The highest BCUT2D eigenvalue weighted by atomic mass is 16.3. The Morgan fingerprint density at radius 1 is 1.22 bits per heavy atom. The Balaban J connectivity index is 1.93. The minimum absolute atomic E-state index is 0.0585. The van der Waals surface area contributed by atoms with Crippen molar-refractivity contribution >= 4 is 0 Å². The molecule has 18 heavy (non-hydrogen) atoms. The summed E-state index contributed by atoms with van der Waals surface area (Å²) in [4.78, 5) is 0. The van der Waals surface area contributed by atoms with Crippen molar-refractivity contribution in [3.63, 3.8) is 0 Å². The monoisotopic (exact) mass is 243 g/mol. The average molecular weight is 243 g/mol. The van der Waals surface area contributed by atoms with Crippen LogP contribution in [0.15, 0.2) is 24.3 Å². The number of hydrogen-bond donors (Lipinski definition) is 2. The van der Waals surface area contributed by atoms with Crippen LogP contribution in [0.25, 0.3) is 0 Å². The van der Waals surface area contributed by atoms with Crippen LogP contribution in [-0.4, -0.2) is 23.8 Å². The van der Waals surface area contributed by atoms with Gasteiger partial charge < -0.3 is 10.4 Å². The van der Waals surface area contributed by atoms with Gasteiger partial charge in [0.25, 0.3) is 0 Å². The van der Waals surface area contributed by atoms with Crippen LogP contribution in [0.4, 0.5) is 0 Å². The van der Waals surface area contributed by atoms with E-state index in [-0.39, 0.29) is 11.5 Å². The molecular formula is C16H21NO. The van der Waals surface area contributed by atoms with Gasteiger partial charge in [-0.15, -0.1) is 0 Å². The predicted octanol–water partition coefficient (Wildman–Crippen LogP) is 2.00. The van der Waals surface area contributed by atoms with E-state index in [0.29, 0.717) is 12.0 Å². The smallest absolute Gasteiger partial charge is 0.0640 e. The standard InChI is InChI=1S/C16H21NO/c18-15-7-3-6-13-14-10-11-4-1-2-5-12(11)16(13,15)8-9-17-14/h1-2,4-5,13-15,17-18H,3,6-10H2/t13-,14+,15?,16+/m0/s1. The number of nitrogens with one attached hydrogen (secondary N) is 1. The van der Waals surface area contributed by atoms with Crippen LogP contribution in [-0.2, 0) is 11.8 Å². The van der Waals surface area contributed by atoms with Crippen LogP contribution in [0.3, 0.4) is 0 Å². The maximum Gasteiger partial charge on any atom is 0.0640 e. The molecule has 1 heterocycles. The van der Waals surface area contributed by atoms with Crippen LogP contribution >= 0.6 is 0 Å². The molecule has 4 atom stereocenters. The van der Waals surface area contributed by atoms with Gasteiger partial charge in [0.05, 0.1) is 6.10 Å².